The monoisotopic (exact) mass is 256 g/mol. The molecule has 4 heteroatoms. The Hall–Kier alpha value is -1.68. The first-order valence-corrected chi connectivity index (χ1v) is 6.98. The van der Waals surface area contributed by atoms with Crippen LogP contribution in [0.15, 0.2) is 30.9 Å². The first-order chi connectivity index (χ1) is 9.34. The number of pyridine rings is 1. The molecule has 1 N–H and O–H groups in total. The molecule has 1 aliphatic heterocycles. The van der Waals surface area contributed by atoms with Gasteiger partial charge in [-0.3, -0.25) is 4.98 Å². The topological polar surface area (TPSA) is 42.7 Å². The summed E-state index contributed by atoms with van der Waals surface area (Å²) in [5.74, 6) is 0. The Morgan fingerprint density at radius 3 is 3.16 bits per heavy atom. The van der Waals surface area contributed by atoms with Crippen LogP contribution in [0.5, 0.6) is 0 Å². The van der Waals surface area contributed by atoms with E-state index >= 15 is 0 Å². The second-order valence-electron chi connectivity index (χ2n) is 5.22. The standard InChI is InChI=1S/C15H20N4/c1-12-5-4-8-18-14(12)10-19-11-16-9-15(19)13-6-2-3-7-17-13/h4-5,8-9,11,13,17H,2-3,6-7,10H2,1H3. The molecule has 1 unspecified atom stereocenters. The highest BCUT2D eigenvalue weighted by Crippen LogP contribution is 2.23. The molecule has 2 aromatic heterocycles. The minimum Gasteiger partial charge on any atom is -0.327 e. The van der Waals surface area contributed by atoms with Crippen molar-refractivity contribution < 1.29 is 0 Å². The third kappa shape index (κ3) is 2.68. The highest BCUT2D eigenvalue weighted by atomic mass is 15.1. The van der Waals surface area contributed by atoms with Gasteiger partial charge in [0.2, 0.25) is 0 Å². The SMILES string of the molecule is Cc1cccnc1Cn1cncc1C1CCCCN1. The lowest BCUT2D eigenvalue weighted by molar-refractivity contribution is 0.395. The van der Waals surface area contributed by atoms with E-state index in [1.165, 1.54) is 30.5 Å². The number of rotatable bonds is 3. The largest absolute Gasteiger partial charge is 0.327 e. The van der Waals surface area contributed by atoms with Crippen LogP contribution in [-0.4, -0.2) is 21.1 Å². The lowest BCUT2D eigenvalue weighted by Gasteiger charge is -2.24. The number of imidazole rings is 1. The van der Waals surface area contributed by atoms with Crippen molar-refractivity contribution in [1.82, 2.24) is 19.9 Å². The fourth-order valence-corrected chi connectivity index (χ4v) is 2.70. The van der Waals surface area contributed by atoms with Crippen LogP contribution >= 0.6 is 0 Å². The summed E-state index contributed by atoms with van der Waals surface area (Å²) in [6.07, 6.45) is 9.54. The summed E-state index contributed by atoms with van der Waals surface area (Å²) < 4.78 is 2.22. The molecule has 3 rings (SSSR count). The van der Waals surface area contributed by atoms with Gasteiger partial charge in [-0.1, -0.05) is 12.5 Å². The summed E-state index contributed by atoms with van der Waals surface area (Å²) in [4.78, 5) is 8.79. The number of hydrogen-bond acceptors (Lipinski definition) is 3. The number of aryl methyl sites for hydroxylation is 1. The van der Waals surface area contributed by atoms with Gasteiger partial charge in [-0.05, 0) is 37.9 Å². The van der Waals surface area contributed by atoms with Crippen LogP contribution in [0, 0.1) is 6.92 Å². The Labute approximate surface area is 113 Å². The van der Waals surface area contributed by atoms with Crippen LogP contribution in [0.4, 0.5) is 0 Å². The van der Waals surface area contributed by atoms with Gasteiger partial charge in [0.15, 0.2) is 0 Å². The summed E-state index contributed by atoms with van der Waals surface area (Å²) >= 11 is 0. The van der Waals surface area contributed by atoms with Crippen molar-refractivity contribution in [1.29, 1.82) is 0 Å². The van der Waals surface area contributed by atoms with Crippen LogP contribution in [0.1, 0.15) is 42.3 Å². The second kappa shape index (κ2) is 5.53. The maximum atomic E-state index is 4.47. The molecule has 3 heterocycles. The van der Waals surface area contributed by atoms with E-state index in [9.17, 15) is 0 Å². The molecule has 1 fully saturated rings. The molecule has 0 aromatic carbocycles. The van der Waals surface area contributed by atoms with Gasteiger partial charge in [0.25, 0.3) is 0 Å². The van der Waals surface area contributed by atoms with E-state index < -0.39 is 0 Å². The number of nitrogens with zero attached hydrogens (tertiary/aromatic N) is 3. The second-order valence-corrected chi connectivity index (χ2v) is 5.22. The van der Waals surface area contributed by atoms with E-state index in [4.69, 9.17) is 0 Å². The predicted molar refractivity (Wildman–Crippen MR) is 74.9 cm³/mol. The molecule has 0 aliphatic carbocycles. The lowest BCUT2D eigenvalue weighted by atomic mass is 10.0. The summed E-state index contributed by atoms with van der Waals surface area (Å²) in [6.45, 7) is 4.02. The zero-order valence-corrected chi connectivity index (χ0v) is 11.3. The van der Waals surface area contributed by atoms with Crippen LogP contribution in [-0.2, 0) is 6.54 Å². The third-order valence-electron chi connectivity index (χ3n) is 3.85. The van der Waals surface area contributed by atoms with Gasteiger partial charge in [0.1, 0.15) is 0 Å². The van der Waals surface area contributed by atoms with E-state index in [0.29, 0.717) is 6.04 Å². The zero-order valence-electron chi connectivity index (χ0n) is 11.3. The van der Waals surface area contributed by atoms with E-state index in [1.54, 1.807) is 0 Å². The van der Waals surface area contributed by atoms with E-state index in [-0.39, 0.29) is 0 Å². The maximum absolute atomic E-state index is 4.47. The smallest absolute Gasteiger partial charge is 0.0952 e. The van der Waals surface area contributed by atoms with Gasteiger partial charge in [0, 0.05) is 18.4 Å². The zero-order chi connectivity index (χ0) is 13.1. The van der Waals surface area contributed by atoms with Crippen LogP contribution in [0.2, 0.25) is 0 Å². The Balaban J connectivity index is 1.82. The normalized spacial score (nSPS) is 19.5. The van der Waals surface area contributed by atoms with Crippen molar-refractivity contribution in [3.05, 3.63) is 47.8 Å². The third-order valence-corrected chi connectivity index (χ3v) is 3.85. The van der Waals surface area contributed by atoms with Crippen molar-refractivity contribution in [3.8, 4) is 0 Å². The van der Waals surface area contributed by atoms with Gasteiger partial charge in [-0.2, -0.15) is 0 Å². The molecule has 100 valence electrons. The van der Waals surface area contributed by atoms with E-state index in [1.807, 2.05) is 24.8 Å². The fourth-order valence-electron chi connectivity index (χ4n) is 2.70. The summed E-state index contributed by atoms with van der Waals surface area (Å²) in [5.41, 5.74) is 3.64. The molecule has 2 aromatic rings. The molecule has 4 nitrogen and oxygen atoms in total. The first kappa shape index (κ1) is 12.4. The average Bonchev–Trinajstić information content (AvgIpc) is 2.91. The average molecular weight is 256 g/mol. The molecule has 0 radical (unpaired) electrons. The Morgan fingerprint density at radius 2 is 2.37 bits per heavy atom. The van der Waals surface area contributed by atoms with Crippen LogP contribution < -0.4 is 5.32 Å². The first-order valence-electron chi connectivity index (χ1n) is 6.98. The van der Waals surface area contributed by atoms with Crippen LogP contribution in [0.3, 0.4) is 0 Å². The van der Waals surface area contributed by atoms with Crippen molar-refractivity contribution in [2.45, 2.75) is 38.8 Å². The molecule has 1 aliphatic rings. The number of piperidine rings is 1. The molecule has 19 heavy (non-hydrogen) atoms. The molecule has 1 saturated heterocycles. The van der Waals surface area contributed by atoms with E-state index in [0.717, 1.165) is 18.8 Å². The van der Waals surface area contributed by atoms with Gasteiger partial charge >= 0.3 is 0 Å². The van der Waals surface area contributed by atoms with Crippen LogP contribution in [0.25, 0.3) is 0 Å². The Morgan fingerprint density at radius 1 is 1.42 bits per heavy atom. The Bertz CT molecular complexity index is 541. The fraction of sp³-hybridized carbons (Fsp3) is 0.467. The molecule has 0 spiro atoms. The van der Waals surface area contributed by atoms with Gasteiger partial charge in [0.05, 0.1) is 24.3 Å². The quantitative estimate of drug-likeness (QED) is 0.917. The Kier molecular flexibility index (Phi) is 3.60. The van der Waals surface area contributed by atoms with Gasteiger partial charge in [-0.15, -0.1) is 0 Å². The lowest BCUT2D eigenvalue weighted by Crippen LogP contribution is -2.28. The predicted octanol–water partition coefficient (Wildman–Crippen LogP) is 2.45. The van der Waals surface area contributed by atoms with E-state index in [2.05, 4.69) is 32.8 Å². The highest BCUT2D eigenvalue weighted by Gasteiger charge is 2.18. The van der Waals surface area contributed by atoms with Gasteiger partial charge < -0.3 is 9.88 Å². The maximum Gasteiger partial charge on any atom is 0.0952 e. The number of hydrogen-bond donors (Lipinski definition) is 1. The van der Waals surface area contributed by atoms with Crippen molar-refractivity contribution in [2.75, 3.05) is 6.54 Å². The summed E-state index contributed by atoms with van der Waals surface area (Å²) in [5, 5.41) is 3.58. The molecular formula is C15H20N4. The van der Waals surface area contributed by atoms with Crippen molar-refractivity contribution in [2.24, 2.45) is 0 Å². The molecule has 0 bridgehead atoms. The van der Waals surface area contributed by atoms with Crippen molar-refractivity contribution in [3.63, 3.8) is 0 Å². The van der Waals surface area contributed by atoms with Crippen molar-refractivity contribution >= 4 is 0 Å². The van der Waals surface area contributed by atoms with Gasteiger partial charge in [-0.25, -0.2) is 4.98 Å². The minimum atomic E-state index is 0.445. The molecule has 1 atom stereocenters. The molecule has 0 amide bonds. The molecule has 0 saturated carbocycles. The number of aromatic nitrogens is 3. The molecular weight excluding hydrogens is 236 g/mol. The number of nitrogens with one attached hydrogen (secondary N) is 1. The minimum absolute atomic E-state index is 0.445. The highest BCUT2D eigenvalue weighted by molar-refractivity contribution is 5.19. The summed E-state index contributed by atoms with van der Waals surface area (Å²) in [7, 11) is 0. The summed E-state index contributed by atoms with van der Waals surface area (Å²) in [6, 6.07) is 4.54.